The van der Waals surface area contributed by atoms with Crippen molar-refractivity contribution in [2.45, 2.75) is 24.3 Å². The van der Waals surface area contributed by atoms with Gasteiger partial charge in [0.1, 0.15) is 0 Å². The summed E-state index contributed by atoms with van der Waals surface area (Å²) in [5.74, 6) is -0.494. The molecule has 0 saturated carbocycles. The van der Waals surface area contributed by atoms with Crippen LogP contribution in [0.25, 0.3) is 16.6 Å². The van der Waals surface area contributed by atoms with Crippen molar-refractivity contribution in [2.75, 3.05) is 5.32 Å². The minimum absolute atomic E-state index is 0.221. The summed E-state index contributed by atoms with van der Waals surface area (Å²) in [5.41, 5.74) is 2.62. The van der Waals surface area contributed by atoms with E-state index in [1.54, 1.807) is 49.4 Å². The average molecular weight is 459 g/mol. The number of imide groups is 1. The van der Waals surface area contributed by atoms with E-state index >= 15 is 0 Å². The minimum atomic E-state index is -0.684. The number of fused-ring (bicyclic) bond motifs is 1. The zero-order valence-corrected chi connectivity index (χ0v) is 18.9. The minimum Gasteiger partial charge on any atom is -0.308 e. The van der Waals surface area contributed by atoms with Crippen molar-refractivity contribution < 1.29 is 9.59 Å². The topological polar surface area (TPSA) is 93.1 Å². The maximum Gasteiger partial charge on any atom is 0.325 e. The second kappa shape index (κ2) is 9.70. The summed E-state index contributed by atoms with van der Waals surface area (Å²) in [6.07, 6.45) is 0. The zero-order chi connectivity index (χ0) is 23.4. The van der Waals surface area contributed by atoms with Crippen molar-refractivity contribution in [1.82, 2.24) is 14.9 Å². The van der Waals surface area contributed by atoms with Crippen LogP contribution >= 0.6 is 11.8 Å². The van der Waals surface area contributed by atoms with Crippen LogP contribution in [0.5, 0.6) is 0 Å². The molecule has 0 aliphatic heterocycles. The molecule has 1 unspecified atom stereocenters. The van der Waals surface area contributed by atoms with Crippen LogP contribution < -0.4 is 16.2 Å². The highest BCUT2D eigenvalue weighted by Crippen LogP contribution is 2.25. The second-order valence-corrected chi connectivity index (χ2v) is 8.77. The summed E-state index contributed by atoms with van der Waals surface area (Å²) >= 11 is 1.11. The fraction of sp³-hybridized carbons (Fsp3) is 0.120. The van der Waals surface area contributed by atoms with Crippen molar-refractivity contribution in [3.05, 3.63) is 94.8 Å². The van der Waals surface area contributed by atoms with E-state index in [1.807, 2.05) is 43.3 Å². The third kappa shape index (κ3) is 5.12. The number of amides is 3. The van der Waals surface area contributed by atoms with Gasteiger partial charge in [-0.2, -0.15) is 0 Å². The predicted octanol–water partition coefficient (Wildman–Crippen LogP) is 4.52. The highest BCUT2D eigenvalue weighted by atomic mass is 32.2. The fourth-order valence-corrected chi connectivity index (χ4v) is 4.15. The Hall–Kier alpha value is -3.91. The van der Waals surface area contributed by atoms with E-state index < -0.39 is 17.2 Å². The first-order valence-corrected chi connectivity index (χ1v) is 11.2. The zero-order valence-electron chi connectivity index (χ0n) is 18.1. The molecule has 1 atom stereocenters. The van der Waals surface area contributed by atoms with Crippen LogP contribution in [0.1, 0.15) is 12.5 Å². The maximum absolute atomic E-state index is 13.3. The van der Waals surface area contributed by atoms with Gasteiger partial charge in [-0.05, 0) is 50.2 Å². The van der Waals surface area contributed by atoms with Crippen LogP contribution in [0.3, 0.4) is 0 Å². The van der Waals surface area contributed by atoms with Crippen LogP contribution in [-0.2, 0) is 4.79 Å². The van der Waals surface area contributed by atoms with Gasteiger partial charge in [0.25, 0.3) is 5.56 Å². The maximum atomic E-state index is 13.3. The molecule has 3 amide bonds. The molecular formula is C25H22N4O3S. The van der Waals surface area contributed by atoms with Gasteiger partial charge in [-0.1, -0.05) is 59.8 Å². The lowest BCUT2D eigenvalue weighted by molar-refractivity contribution is -0.119. The summed E-state index contributed by atoms with van der Waals surface area (Å²) in [7, 11) is 0. The molecule has 4 rings (SSSR count). The van der Waals surface area contributed by atoms with Crippen molar-refractivity contribution in [2.24, 2.45) is 0 Å². The molecule has 0 fully saturated rings. The van der Waals surface area contributed by atoms with E-state index in [0.717, 1.165) is 17.3 Å². The summed E-state index contributed by atoms with van der Waals surface area (Å²) in [6.45, 7) is 3.63. The average Bonchev–Trinajstić information content (AvgIpc) is 2.81. The van der Waals surface area contributed by atoms with E-state index in [9.17, 15) is 14.4 Å². The molecule has 0 aliphatic rings. The number of nitrogens with zero attached hydrogens (tertiary/aromatic N) is 2. The summed E-state index contributed by atoms with van der Waals surface area (Å²) in [5, 5.41) is 5.13. The molecular weight excluding hydrogens is 436 g/mol. The number of aromatic nitrogens is 2. The molecule has 4 aromatic rings. The molecule has 1 aromatic heterocycles. The van der Waals surface area contributed by atoms with Gasteiger partial charge in [-0.3, -0.25) is 19.5 Å². The van der Waals surface area contributed by atoms with Crippen LogP contribution in [0.2, 0.25) is 0 Å². The Morgan fingerprint density at radius 2 is 1.61 bits per heavy atom. The largest absolute Gasteiger partial charge is 0.325 e. The molecule has 33 heavy (non-hydrogen) atoms. The first kappa shape index (κ1) is 22.3. The number of aryl methyl sites for hydroxylation is 1. The monoisotopic (exact) mass is 458 g/mol. The summed E-state index contributed by atoms with van der Waals surface area (Å²) in [4.78, 5) is 42.8. The lowest BCUT2D eigenvalue weighted by atomic mass is 10.2. The molecule has 166 valence electrons. The molecule has 0 aliphatic carbocycles. The van der Waals surface area contributed by atoms with Crippen LogP contribution in [0, 0.1) is 6.92 Å². The number of para-hydroxylation sites is 2. The smallest absolute Gasteiger partial charge is 0.308 e. The van der Waals surface area contributed by atoms with Crippen molar-refractivity contribution in [3.63, 3.8) is 0 Å². The first-order chi connectivity index (χ1) is 15.9. The van der Waals surface area contributed by atoms with E-state index in [1.165, 1.54) is 4.57 Å². The van der Waals surface area contributed by atoms with Gasteiger partial charge in [0.05, 0.1) is 21.8 Å². The van der Waals surface area contributed by atoms with E-state index in [-0.39, 0.29) is 5.56 Å². The second-order valence-electron chi connectivity index (χ2n) is 7.46. The molecule has 0 radical (unpaired) electrons. The highest BCUT2D eigenvalue weighted by molar-refractivity contribution is 8.00. The molecule has 0 saturated heterocycles. The lowest BCUT2D eigenvalue weighted by Gasteiger charge is -2.16. The Balaban J connectivity index is 1.61. The van der Waals surface area contributed by atoms with Crippen LogP contribution in [0.4, 0.5) is 10.5 Å². The molecule has 7 nitrogen and oxygen atoms in total. The first-order valence-electron chi connectivity index (χ1n) is 10.3. The predicted molar refractivity (Wildman–Crippen MR) is 131 cm³/mol. The van der Waals surface area contributed by atoms with Gasteiger partial charge in [0.2, 0.25) is 5.91 Å². The number of nitrogens with one attached hydrogen (secondary N) is 2. The highest BCUT2D eigenvalue weighted by Gasteiger charge is 2.21. The summed E-state index contributed by atoms with van der Waals surface area (Å²) in [6, 6.07) is 22.8. The van der Waals surface area contributed by atoms with Crippen molar-refractivity contribution >= 4 is 40.3 Å². The molecule has 8 heteroatoms. The molecule has 0 bridgehead atoms. The molecule has 2 N–H and O–H groups in total. The van der Waals surface area contributed by atoms with E-state index in [2.05, 4.69) is 15.6 Å². The van der Waals surface area contributed by atoms with Gasteiger partial charge in [-0.25, -0.2) is 9.78 Å². The van der Waals surface area contributed by atoms with Crippen LogP contribution in [0.15, 0.2) is 88.8 Å². The normalized spacial score (nSPS) is 11.7. The Bertz CT molecular complexity index is 1370. The Morgan fingerprint density at radius 1 is 0.939 bits per heavy atom. The molecule has 3 aromatic carbocycles. The number of benzene rings is 3. The third-order valence-electron chi connectivity index (χ3n) is 4.96. The van der Waals surface area contributed by atoms with Gasteiger partial charge in [-0.15, -0.1) is 0 Å². The fourth-order valence-electron chi connectivity index (χ4n) is 3.22. The number of carbonyl (C=O) groups is 2. The molecule has 0 spiro atoms. The Morgan fingerprint density at radius 3 is 2.33 bits per heavy atom. The van der Waals surface area contributed by atoms with Crippen molar-refractivity contribution in [1.29, 1.82) is 0 Å². The number of carbonyl (C=O) groups excluding carboxylic acids is 2. The van der Waals surface area contributed by atoms with Gasteiger partial charge in [0, 0.05) is 5.69 Å². The molecule has 1 heterocycles. The van der Waals surface area contributed by atoms with Gasteiger partial charge >= 0.3 is 6.03 Å². The van der Waals surface area contributed by atoms with Crippen LogP contribution in [-0.4, -0.2) is 26.7 Å². The SMILES string of the molecule is Cc1ccc(-n2c(SC(C)C(=O)NC(=O)Nc3ccccc3)nc3ccccc3c2=O)cc1. The number of rotatable bonds is 5. The number of urea groups is 1. The number of hydrogen-bond acceptors (Lipinski definition) is 5. The number of thioether (sulfide) groups is 1. The quantitative estimate of drug-likeness (QED) is 0.339. The third-order valence-corrected chi connectivity index (χ3v) is 6.01. The van der Waals surface area contributed by atoms with Gasteiger partial charge < -0.3 is 5.32 Å². The van der Waals surface area contributed by atoms with E-state index in [0.29, 0.717) is 27.4 Å². The number of anilines is 1. The summed E-state index contributed by atoms with van der Waals surface area (Å²) < 4.78 is 1.50. The Labute approximate surface area is 194 Å². The standard InChI is InChI=1S/C25H22N4O3S/c1-16-12-14-19(15-13-16)29-23(31)20-10-6-7-11-21(20)27-25(29)33-17(2)22(30)28-24(32)26-18-8-4-3-5-9-18/h3-15,17H,1-2H3,(H2,26,28,30,32). The van der Waals surface area contributed by atoms with Crippen molar-refractivity contribution in [3.8, 4) is 5.69 Å². The number of hydrogen-bond donors (Lipinski definition) is 2. The van der Waals surface area contributed by atoms with E-state index in [4.69, 9.17) is 0 Å². The lowest BCUT2D eigenvalue weighted by Crippen LogP contribution is -2.39. The van der Waals surface area contributed by atoms with Gasteiger partial charge in [0.15, 0.2) is 5.16 Å². The Kier molecular flexibility index (Phi) is 6.55.